The lowest BCUT2D eigenvalue weighted by Crippen LogP contribution is -2.22. The maximum absolute atomic E-state index is 9.10. The third kappa shape index (κ3) is 7.46. The molecule has 0 bridgehead atoms. The Bertz CT molecular complexity index is 512. The van der Waals surface area contributed by atoms with Gasteiger partial charge in [0.25, 0.3) is 0 Å². The molecule has 1 fully saturated rings. The first-order chi connectivity index (χ1) is 11.4. The molecule has 2 rings (SSSR count). The molecule has 1 aliphatic rings. The minimum absolute atomic E-state index is 0.528. The first-order valence-corrected chi connectivity index (χ1v) is 8.32. The summed E-state index contributed by atoms with van der Waals surface area (Å²) in [4.78, 5) is 20.7. The van der Waals surface area contributed by atoms with E-state index >= 15 is 0 Å². The van der Waals surface area contributed by atoms with Crippen LogP contribution in [0.25, 0.3) is 0 Å². The van der Waals surface area contributed by atoms with Gasteiger partial charge in [0.1, 0.15) is 5.75 Å². The predicted octanol–water partition coefficient (Wildman–Crippen LogP) is 2.83. The van der Waals surface area contributed by atoms with Gasteiger partial charge < -0.3 is 19.8 Å². The number of hydrogen-bond donors (Lipinski definition) is 2. The second-order valence-corrected chi connectivity index (χ2v) is 6.05. The molecule has 0 atom stereocenters. The van der Waals surface area contributed by atoms with Crippen LogP contribution in [0.2, 0.25) is 0 Å². The van der Waals surface area contributed by atoms with Gasteiger partial charge in [-0.1, -0.05) is 32.0 Å². The Kier molecular flexibility index (Phi) is 8.86. The Balaban J connectivity index is 0.000000413. The molecule has 0 unspecified atom stereocenters. The number of likely N-dealkylation sites (tertiary alicyclic amines) is 1. The zero-order valence-electron chi connectivity index (χ0n) is 14.4. The molecule has 2 N–H and O–H groups in total. The van der Waals surface area contributed by atoms with Crippen molar-refractivity contribution in [3.8, 4) is 5.75 Å². The smallest absolute Gasteiger partial charge is 0.414 e. The maximum atomic E-state index is 9.10. The number of carboxylic acid groups (broad SMARTS) is 2. The summed E-state index contributed by atoms with van der Waals surface area (Å²) in [6, 6.07) is 8.40. The van der Waals surface area contributed by atoms with Crippen LogP contribution in [0.4, 0.5) is 0 Å². The lowest BCUT2D eigenvalue weighted by atomic mass is 10.0. The monoisotopic (exact) mass is 337 g/mol. The van der Waals surface area contributed by atoms with E-state index in [1.54, 1.807) is 0 Å². The second-order valence-electron chi connectivity index (χ2n) is 6.05. The van der Waals surface area contributed by atoms with Crippen LogP contribution < -0.4 is 4.74 Å². The minimum atomic E-state index is -1.82. The van der Waals surface area contributed by atoms with Gasteiger partial charge in [0.2, 0.25) is 0 Å². The Hall–Kier alpha value is -2.08. The molecular weight excluding hydrogens is 310 g/mol. The number of hydrogen-bond acceptors (Lipinski definition) is 4. The predicted molar refractivity (Wildman–Crippen MR) is 91.6 cm³/mol. The van der Waals surface area contributed by atoms with Crippen LogP contribution in [0.1, 0.15) is 44.6 Å². The average Bonchev–Trinajstić information content (AvgIpc) is 3.05. The van der Waals surface area contributed by atoms with Gasteiger partial charge in [-0.05, 0) is 49.9 Å². The fourth-order valence-corrected chi connectivity index (χ4v) is 2.57. The van der Waals surface area contributed by atoms with Crippen LogP contribution in [0.15, 0.2) is 24.3 Å². The van der Waals surface area contributed by atoms with Crippen molar-refractivity contribution in [2.24, 2.45) is 0 Å². The molecule has 0 aromatic heterocycles. The van der Waals surface area contributed by atoms with Crippen molar-refractivity contribution in [1.29, 1.82) is 0 Å². The molecule has 1 heterocycles. The van der Waals surface area contributed by atoms with Gasteiger partial charge in [0.15, 0.2) is 0 Å². The average molecular weight is 337 g/mol. The van der Waals surface area contributed by atoms with Crippen molar-refractivity contribution in [1.82, 2.24) is 4.90 Å². The standard InChI is InChI=1S/C16H25NO.C2H2O4/c1-14(2)15-8-3-4-9-16(15)18-13-7-12-17-10-5-6-11-17;3-1(4)2(5)6/h3-4,8-9,14H,5-7,10-13H2,1-2H3;(H,3,4)(H,5,6). The van der Waals surface area contributed by atoms with E-state index in [1.165, 1.54) is 38.0 Å². The summed E-state index contributed by atoms with van der Waals surface area (Å²) in [5, 5.41) is 14.8. The largest absolute Gasteiger partial charge is 0.493 e. The summed E-state index contributed by atoms with van der Waals surface area (Å²) in [6.07, 6.45) is 3.88. The van der Waals surface area contributed by atoms with E-state index in [1.807, 2.05) is 0 Å². The number of rotatable bonds is 6. The minimum Gasteiger partial charge on any atom is -0.493 e. The van der Waals surface area contributed by atoms with Crippen molar-refractivity contribution in [2.75, 3.05) is 26.2 Å². The van der Waals surface area contributed by atoms with Gasteiger partial charge in [-0.25, -0.2) is 9.59 Å². The summed E-state index contributed by atoms with van der Waals surface area (Å²) in [7, 11) is 0. The molecule has 1 saturated heterocycles. The van der Waals surface area contributed by atoms with Crippen LogP contribution >= 0.6 is 0 Å². The molecule has 0 amide bonds. The number of benzene rings is 1. The zero-order chi connectivity index (χ0) is 17.9. The van der Waals surface area contributed by atoms with E-state index in [-0.39, 0.29) is 0 Å². The van der Waals surface area contributed by atoms with Crippen molar-refractivity contribution in [2.45, 2.75) is 39.0 Å². The third-order valence-corrected chi connectivity index (χ3v) is 3.80. The highest BCUT2D eigenvalue weighted by atomic mass is 16.5. The maximum Gasteiger partial charge on any atom is 0.414 e. The van der Waals surface area contributed by atoms with E-state index in [0.717, 1.165) is 18.8 Å². The Morgan fingerprint density at radius 1 is 1.12 bits per heavy atom. The number of para-hydroxylation sites is 1. The highest BCUT2D eigenvalue weighted by molar-refractivity contribution is 6.27. The topological polar surface area (TPSA) is 87.1 Å². The van der Waals surface area contributed by atoms with Crippen LogP contribution in [0, 0.1) is 0 Å². The number of carbonyl (C=O) groups is 2. The number of aliphatic carboxylic acids is 2. The summed E-state index contributed by atoms with van der Waals surface area (Å²) in [5.41, 5.74) is 1.32. The molecule has 1 aromatic rings. The molecule has 24 heavy (non-hydrogen) atoms. The third-order valence-electron chi connectivity index (χ3n) is 3.80. The van der Waals surface area contributed by atoms with E-state index in [9.17, 15) is 0 Å². The molecule has 6 nitrogen and oxygen atoms in total. The van der Waals surface area contributed by atoms with Crippen LogP contribution in [0.5, 0.6) is 5.75 Å². The first kappa shape index (κ1) is 20.0. The molecule has 1 aliphatic heterocycles. The van der Waals surface area contributed by atoms with E-state index in [0.29, 0.717) is 5.92 Å². The molecule has 0 saturated carbocycles. The van der Waals surface area contributed by atoms with Gasteiger partial charge in [-0.2, -0.15) is 0 Å². The second kappa shape index (κ2) is 10.6. The number of carboxylic acids is 2. The summed E-state index contributed by atoms with van der Waals surface area (Å²) in [6.45, 7) is 9.01. The normalized spacial score (nSPS) is 14.1. The van der Waals surface area contributed by atoms with Crippen LogP contribution in [-0.4, -0.2) is 53.3 Å². The highest BCUT2D eigenvalue weighted by Crippen LogP contribution is 2.25. The van der Waals surface area contributed by atoms with Gasteiger partial charge in [0.05, 0.1) is 6.61 Å². The van der Waals surface area contributed by atoms with Crippen molar-refractivity contribution in [3.05, 3.63) is 29.8 Å². The van der Waals surface area contributed by atoms with Crippen molar-refractivity contribution < 1.29 is 24.5 Å². The van der Waals surface area contributed by atoms with Crippen LogP contribution in [0.3, 0.4) is 0 Å². The van der Waals surface area contributed by atoms with Crippen LogP contribution in [-0.2, 0) is 9.59 Å². The van der Waals surface area contributed by atoms with E-state index in [4.69, 9.17) is 24.5 Å². The fourth-order valence-electron chi connectivity index (χ4n) is 2.57. The molecule has 6 heteroatoms. The first-order valence-electron chi connectivity index (χ1n) is 8.32. The molecule has 1 aromatic carbocycles. The molecule has 0 radical (unpaired) electrons. The molecule has 134 valence electrons. The lowest BCUT2D eigenvalue weighted by Gasteiger charge is -2.16. The van der Waals surface area contributed by atoms with Crippen molar-refractivity contribution >= 4 is 11.9 Å². The van der Waals surface area contributed by atoms with E-state index < -0.39 is 11.9 Å². The zero-order valence-corrected chi connectivity index (χ0v) is 14.4. The van der Waals surface area contributed by atoms with Gasteiger partial charge in [-0.3, -0.25) is 0 Å². The number of ether oxygens (including phenoxy) is 1. The molecule has 0 aliphatic carbocycles. The summed E-state index contributed by atoms with van der Waals surface area (Å²) in [5.74, 6) is -2.06. The van der Waals surface area contributed by atoms with E-state index in [2.05, 4.69) is 43.0 Å². The number of nitrogens with zero attached hydrogens (tertiary/aromatic N) is 1. The SMILES string of the molecule is CC(C)c1ccccc1OCCCN1CCCC1.O=C(O)C(=O)O. The molecule has 0 spiro atoms. The van der Waals surface area contributed by atoms with Crippen molar-refractivity contribution in [3.63, 3.8) is 0 Å². The Labute approximate surface area is 143 Å². The fraction of sp³-hybridized carbons (Fsp3) is 0.556. The van der Waals surface area contributed by atoms with Gasteiger partial charge in [-0.15, -0.1) is 0 Å². The summed E-state index contributed by atoms with van der Waals surface area (Å²) < 4.78 is 5.93. The summed E-state index contributed by atoms with van der Waals surface area (Å²) >= 11 is 0. The Morgan fingerprint density at radius 3 is 2.25 bits per heavy atom. The lowest BCUT2D eigenvalue weighted by molar-refractivity contribution is -0.159. The van der Waals surface area contributed by atoms with Gasteiger partial charge >= 0.3 is 11.9 Å². The quantitative estimate of drug-likeness (QED) is 0.613. The highest BCUT2D eigenvalue weighted by Gasteiger charge is 2.11. The molecular formula is C18H27NO5. The van der Waals surface area contributed by atoms with Gasteiger partial charge in [0, 0.05) is 6.54 Å². The Morgan fingerprint density at radius 2 is 1.71 bits per heavy atom.